The van der Waals surface area contributed by atoms with E-state index < -0.39 is 20.6 Å². The van der Waals surface area contributed by atoms with Crippen molar-refractivity contribution in [3.05, 3.63) is 35.4 Å². The van der Waals surface area contributed by atoms with Crippen LogP contribution in [0.5, 0.6) is 0 Å². The van der Waals surface area contributed by atoms with Crippen molar-refractivity contribution >= 4 is 26.5 Å². The average molecular weight is 1770 g/mol. The first-order valence-corrected chi connectivity index (χ1v) is 52.4. The molecule has 0 spiro atoms. The fraction of sp³-hybridized carbons (Fsp3) is 0.931. The molecule has 8 unspecified atom stereocenters. The van der Waals surface area contributed by atoms with Gasteiger partial charge in [-0.3, -0.25) is 62.9 Å². The van der Waals surface area contributed by atoms with Crippen LogP contribution in [-0.2, 0) is 38.4 Å². The summed E-state index contributed by atoms with van der Waals surface area (Å²) in [7, 11) is -3.25. The van der Waals surface area contributed by atoms with Crippen molar-refractivity contribution in [2.75, 3.05) is 154 Å². The molecule has 9 saturated heterocycles. The first-order valence-electron chi connectivity index (χ1n) is 49.1. The molecular weight excluding hydrogens is 1560 g/mol. The number of carbonyl (C=O) groups excluding carboxylic acids is 1. The molecule has 21 heteroatoms. The van der Waals surface area contributed by atoms with E-state index >= 15 is 0 Å². The Kier molecular flexibility index (Phi) is 48.0. The van der Waals surface area contributed by atoms with E-state index in [2.05, 4.69) is 385 Å². The van der Waals surface area contributed by atoms with E-state index in [1.165, 1.54) is 115 Å². The van der Waals surface area contributed by atoms with Crippen LogP contribution in [0.2, 0.25) is 0 Å². The van der Waals surface area contributed by atoms with Gasteiger partial charge in [-0.15, -0.1) is 0 Å². The van der Waals surface area contributed by atoms with Crippen LogP contribution in [0, 0.1) is 0 Å². The number of sulfone groups is 1. The van der Waals surface area contributed by atoms with Crippen LogP contribution in [0.15, 0.2) is 24.3 Å². The lowest BCUT2D eigenvalue weighted by Gasteiger charge is -2.50. The molecule has 123 heavy (non-hydrogen) atoms. The third kappa shape index (κ3) is 44.1. The summed E-state index contributed by atoms with van der Waals surface area (Å²) in [5.41, 5.74) is 6.34. The van der Waals surface area contributed by atoms with E-state index in [0.29, 0.717) is 111 Å². The zero-order valence-corrected chi connectivity index (χ0v) is 91.1. The summed E-state index contributed by atoms with van der Waals surface area (Å²) in [5, 5.41) is 10.5. The highest BCUT2D eigenvalue weighted by molar-refractivity contribution is 7.91. The number of rotatable bonds is 1. The van der Waals surface area contributed by atoms with Gasteiger partial charge >= 0.3 is 0 Å². The quantitative estimate of drug-likeness (QED) is 0.245. The highest BCUT2D eigenvalue weighted by atomic mass is 32.2. The normalized spacial score (nSPS) is 26.9. The van der Waals surface area contributed by atoms with E-state index in [1.807, 2.05) is 4.90 Å². The van der Waals surface area contributed by atoms with Gasteiger partial charge in [0, 0.05) is 275 Å². The van der Waals surface area contributed by atoms with Crippen LogP contribution in [0.4, 0.5) is 0 Å². The maximum absolute atomic E-state index is 11.1. The van der Waals surface area contributed by atoms with Gasteiger partial charge in [-0.1, -0.05) is 37.1 Å². The predicted octanol–water partition coefficient (Wildman–Crippen LogP) is 17.5. The number of hydrogen-bond acceptors (Lipinski definition) is 18. The fourth-order valence-corrected chi connectivity index (χ4v) is 22.2. The monoisotopic (exact) mass is 1770 g/mol. The van der Waals surface area contributed by atoms with Crippen LogP contribution in [0.3, 0.4) is 0 Å². The van der Waals surface area contributed by atoms with Gasteiger partial charge in [-0.25, -0.2) is 8.42 Å². The van der Waals surface area contributed by atoms with Gasteiger partial charge in [0.15, 0.2) is 9.84 Å². The SMILES string of the molecule is CC(=O)N1CCN(C(C)(C)C)CC1.CC(C)(C)N1CCCCC1(C)C.CC(C)(C)N1CCS(=O)(=O)CC1.CC(C)(C)N1CCS(=O)CC1.CC(C)(C)N1CCc2ccccc2C1.CC(C)N1CCN(C(C)(C)C)CC1.CC1CCCC(C)N1C(C)(C)C.CC1CN(C(C)(C)C)C(C)CN1.CC1CN(C(C)(C)C)CC(C)N1.CC1CNCC(C)N1C(C)(C)C. The molecule has 0 radical (unpaired) electrons. The van der Waals surface area contributed by atoms with E-state index in [4.69, 9.17) is 0 Å². The van der Waals surface area contributed by atoms with E-state index in [-0.39, 0.29) is 22.5 Å². The molecule has 10 aliphatic rings. The van der Waals surface area contributed by atoms with Crippen molar-refractivity contribution in [2.45, 2.75) is 465 Å². The molecule has 0 aromatic heterocycles. The Morgan fingerprint density at radius 1 is 0.423 bits per heavy atom. The van der Waals surface area contributed by atoms with E-state index in [9.17, 15) is 17.4 Å². The number of nitrogens with one attached hydrogen (secondary N) is 3. The molecule has 8 atom stereocenters. The summed E-state index contributed by atoms with van der Waals surface area (Å²) in [5.74, 6) is 2.57. The van der Waals surface area contributed by atoms with Crippen molar-refractivity contribution < 1.29 is 17.4 Å². The molecule has 1 aromatic rings. The third-order valence-electron chi connectivity index (χ3n) is 26.8. The number of nitrogens with zero attached hydrogens (tertiary/aromatic N) is 12. The molecule has 3 N–H and O–H groups in total. The fourth-order valence-electron chi connectivity index (χ4n) is 19.9. The van der Waals surface area contributed by atoms with E-state index in [1.54, 1.807) is 6.92 Å². The molecule has 10 heterocycles. The number of piperazine rings is 5. The molecule has 0 bridgehead atoms. The Morgan fingerprint density at radius 3 is 1.17 bits per heavy atom. The number of amides is 1. The minimum absolute atomic E-state index is 0.107. The lowest BCUT2D eigenvalue weighted by molar-refractivity contribution is -0.131. The van der Waals surface area contributed by atoms with Gasteiger partial charge in [0.05, 0.1) is 11.5 Å². The molecule has 11 rings (SSSR count). The van der Waals surface area contributed by atoms with Crippen LogP contribution >= 0.6 is 0 Å². The summed E-state index contributed by atoms with van der Waals surface area (Å²) < 4.78 is 33.2. The second-order valence-corrected chi connectivity index (χ2v) is 53.1. The van der Waals surface area contributed by atoms with Gasteiger partial charge in [0.25, 0.3) is 0 Å². The first kappa shape index (κ1) is 117. The Morgan fingerprint density at radius 2 is 0.821 bits per heavy atom. The summed E-state index contributed by atoms with van der Waals surface area (Å²) in [4.78, 5) is 40.7. The van der Waals surface area contributed by atoms with Crippen LogP contribution < -0.4 is 16.0 Å². The van der Waals surface area contributed by atoms with Crippen LogP contribution in [0.1, 0.15) is 347 Å². The largest absolute Gasteiger partial charge is 0.340 e. The summed E-state index contributed by atoms with van der Waals surface area (Å²) in [6.45, 7) is 120. The smallest absolute Gasteiger partial charge is 0.219 e. The molecule has 10 aliphatic heterocycles. The summed E-state index contributed by atoms with van der Waals surface area (Å²) >= 11 is 0. The minimum atomic E-state index is -2.72. The maximum Gasteiger partial charge on any atom is 0.219 e. The second kappa shape index (κ2) is 50.4. The Labute approximate surface area is 767 Å². The number of benzene rings is 1. The molecule has 9 fully saturated rings. The highest BCUT2D eigenvalue weighted by Crippen LogP contribution is 2.35. The molecule has 0 saturated carbocycles. The van der Waals surface area contributed by atoms with Gasteiger partial charge in [-0.2, -0.15) is 0 Å². The predicted molar refractivity (Wildman–Crippen MR) is 540 cm³/mol. The summed E-state index contributed by atoms with van der Waals surface area (Å²) in [6.07, 6.45) is 9.50. The Balaban J connectivity index is 0.000000463. The van der Waals surface area contributed by atoms with Gasteiger partial charge in [0.2, 0.25) is 5.91 Å². The minimum Gasteiger partial charge on any atom is -0.340 e. The molecular formula is C102H209N15O4S2. The lowest BCUT2D eigenvalue weighted by Crippen LogP contribution is -2.61. The Hall–Kier alpha value is -1.77. The topological polar surface area (TPSA) is 143 Å². The number of piperidine rings is 2. The number of fused-ring (bicyclic) bond motifs is 1. The van der Waals surface area contributed by atoms with Crippen molar-refractivity contribution in [2.24, 2.45) is 0 Å². The van der Waals surface area contributed by atoms with Gasteiger partial charge in [-0.05, 0) is 341 Å². The van der Waals surface area contributed by atoms with E-state index in [0.717, 1.165) is 89.0 Å². The molecule has 0 aliphatic carbocycles. The molecule has 728 valence electrons. The number of likely N-dealkylation sites (tertiary alicyclic amines) is 2. The zero-order chi connectivity index (χ0) is 95.0. The van der Waals surface area contributed by atoms with Crippen molar-refractivity contribution in [1.29, 1.82) is 0 Å². The van der Waals surface area contributed by atoms with Crippen LogP contribution in [-0.4, -0.2) is 347 Å². The Bertz CT molecular complexity index is 3120. The van der Waals surface area contributed by atoms with Crippen molar-refractivity contribution in [1.82, 2.24) is 74.7 Å². The zero-order valence-electron chi connectivity index (χ0n) is 89.4. The maximum atomic E-state index is 11.1. The van der Waals surface area contributed by atoms with Crippen LogP contribution in [0.25, 0.3) is 0 Å². The third-order valence-corrected chi connectivity index (χ3v) is 29.7. The second-order valence-electron chi connectivity index (χ2n) is 49.1. The number of carbonyl (C=O) groups is 1. The highest BCUT2D eigenvalue weighted by Gasteiger charge is 2.40. The molecule has 1 amide bonds. The van der Waals surface area contributed by atoms with Crippen molar-refractivity contribution in [3.8, 4) is 0 Å². The lowest BCUT2D eigenvalue weighted by atomic mass is 9.86. The standard InChI is InChI=1S/C13H19N.C11H24N2.2C11H23N.C10H20N2O.3C10H22N2.C8H17NO2S.C8H17NOS/c1-13(2,3)14-9-8-11-6-4-5-7-12(11)10-14;1-10(2)12-6-8-13(9-7-12)11(3,4)5;1-10(2,3)12-9-7-6-8-11(12,4)5;1-9-7-6-8-10(2)12(9)11(3,4)5;1-9(13)11-5-7-12(8-6-11)10(2,3)4;1-8-7-12(10(3,4)5)9(2)6-11-8;1-8-6-12(10(3,4)5)7-9(2)11-8;1-8-6-11-7-9(2)12(8)10(3,4)5;1-8(2,3)9-4-6-12(10,11)7-5-9;1-8(2,3)9-4-6-11(10)7-5-9/h4-7H,8-10H2,1-3H3;10H,6-9H2,1-5H3;6-9H2,1-5H3;9-10H,6-8H2,1-5H3;5-8H2,1-4H3;3*8-9,11H,6-7H2,1-5H3;4-7H2,1-3H3;4-7H2,1-3H3. The number of hydrogen-bond donors (Lipinski definition) is 3. The summed E-state index contributed by atoms with van der Waals surface area (Å²) in [6, 6.07) is 15.0. The average Bonchev–Trinajstić information content (AvgIpc) is 0.814. The van der Waals surface area contributed by atoms with Gasteiger partial charge in [0.1, 0.15) is 0 Å². The first-order chi connectivity index (χ1) is 55.7. The van der Waals surface area contributed by atoms with Crippen molar-refractivity contribution in [3.63, 3.8) is 0 Å². The molecule has 1 aromatic carbocycles. The molecule has 19 nitrogen and oxygen atoms in total. The van der Waals surface area contributed by atoms with Gasteiger partial charge < -0.3 is 20.9 Å².